The maximum absolute atomic E-state index is 12.7. The molecular weight excluding hydrogens is 362 g/mol. The number of urea groups is 1. The van der Waals surface area contributed by atoms with E-state index in [2.05, 4.69) is 10.6 Å². The molecule has 2 aliphatic rings. The van der Waals surface area contributed by atoms with Gasteiger partial charge < -0.3 is 20.1 Å². The molecule has 2 N–H and O–H groups in total. The number of nitrogens with zero attached hydrogens (tertiary/aromatic N) is 1. The topological polar surface area (TPSA) is 97.0 Å². The van der Waals surface area contributed by atoms with Gasteiger partial charge in [-0.15, -0.1) is 0 Å². The van der Waals surface area contributed by atoms with Gasteiger partial charge in [0.1, 0.15) is 17.8 Å². The molecule has 0 saturated carbocycles. The zero-order chi connectivity index (χ0) is 18.9. The number of benzene rings is 1. The molecule has 0 aliphatic carbocycles. The number of halogens is 1. The zero-order valence-corrected chi connectivity index (χ0v) is 15.3. The number of rotatable bonds is 4. The Labute approximate surface area is 155 Å². The third kappa shape index (κ3) is 3.34. The summed E-state index contributed by atoms with van der Waals surface area (Å²) in [6, 6.07) is 2.70. The Bertz CT molecular complexity index is 761. The standard InChI is InChI=1S/C17H20ClN3O5/c1-10-7-12(13(25-2)8-11(10)18)19-14(22)9-21-15(23)17(20-16(21)24)3-5-26-6-4-17/h7-8H,3-6,9H2,1-2H3,(H,19,22)(H,20,24). The minimum atomic E-state index is -0.954. The largest absolute Gasteiger partial charge is 0.495 e. The molecule has 0 radical (unpaired) electrons. The van der Waals surface area contributed by atoms with Crippen LogP contribution in [0, 0.1) is 6.92 Å². The van der Waals surface area contributed by atoms with Crippen molar-refractivity contribution in [3.05, 3.63) is 22.7 Å². The highest BCUT2D eigenvalue weighted by molar-refractivity contribution is 6.31. The van der Waals surface area contributed by atoms with Crippen molar-refractivity contribution in [2.45, 2.75) is 25.3 Å². The fourth-order valence-electron chi connectivity index (χ4n) is 3.14. The predicted molar refractivity (Wildman–Crippen MR) is 94.4 cm³/mol. The van der Waals surface area contributed by atoms with Gasteiger partial charge in [-0.05, 0) is 18.6 Å². The monoisotopic (exact) mass is 381 g/mol. The van der Waals surface area contributed by atoms with Crippen LogP contribution in [0.5, 0.6) is 5.75 Å². The molecule has 0 aromatic heterocycles. The van der Waals surface area contributed by atoms with Gasteiger partial charge in [-0.3, -0.25) is 14.5 Å². The SMILES string of the molecule is COc1cc(Cl)c(C)cc1NC(=O)CN1C(=O)NC2(CCOCC2)C1=O. The van der Waals surface area contributed by atoms with E-state index in [9.17, 15) is 14.4 Å². The highest BCUT2D eigenvalue weighted by Crippen LogP contribution is 2.31. The van der Waals surface area contributed by atoms with Gasteiger partial charge in [0.05, 0.1) is 12.8 Å². The van der Waals surface area contributed by atoms with Gasteiger partial charge in [-0.2, -0.15) is 0 Å². The fourth-order valence-corrected chi connectivity index (χ4v) is 3.30. The van der Waals surface area contributed by atoms with E-state index >= 15 is 0 Å². The Balaban J connectivity index is 1.71. The smallest absolute Gasteiger partial charge is 0.325 e. The van der Waals surface area contributed by atoms with E-state index in [1.165, 1.54) is 7.11 Å². The normalized spacial score (nSPS) is 18.8. The van der Waals surface area contributed by atoms with E-state index in [1.807, 2.05) is 0 Å². The summed E-state index contributed by atoms with van der Waals surface area (Å²) in [7, 11) is 1.46. The van der Waals surface area contributed by atoms with E-state index in [4.69, 9.17) is 21.1 Å². The molecule has 2 heterocycles. The number of aryl methyl sites for hydroxylation is 1. The van der Waals surface area contributed by atoms with Crippen molar-refractivity contribution in [3.63, 3.8) is 0 Å². The number of amides is 4. The Morgan fingerprint density at radius 2 is 2.08 bits per heavy atom. The number of anilines is 1. The number of carbonyl (C=O) groups is 3. The maximum Gasteiger partial charge on any atom is 0.325 e. The molecule has 9 heteroatoms. The van der Waals surface area contributed by atoms with Crippen LogP contribution in [0.3, 0.4) is 0 Å². The van der Waals surface area contributed by atoms with E-state index in [-0.39, 0.29) is 12.5 Å². The highest BCUT2D eigenvalue weighted by Gasteiger charge is 2.52. The molecule has 4 amide bonds. The third-order valence-electron chi connectivity index (χ3n) is 4.65. The van der Waals surface area contributed by atoms with Gasteiger partial charge in [0.15, 0.2) is 0 Å². The Hall–Kier alpha value is -2.32. The molecular formula is C17H20ClN3O5. The minimum Gasteiger partial charge on any atom is -0.495 e. The number of ether oxygens (including phenoxy) is 2. The van der Waals surface area contributed by atoms with Crippen LogP contribution in [0.25, 0.3) is 0 Å². The van der Waals surface area contributed by atoms with Crippen LogP contribution >= 0.6 is 11.6 Å². The average Bonchev–Trinajstić information content (AvgIpc) is 2.82. The first-order valence-electron chi connectivity index (χ1n) is 8.22. The van der Waals surface area contributed by atoms with E-state index in [0.717, 1.165) is 10.5 Å². The molecule has 1 spiro atoms. The summed E-state index contributed by atoms with van der Waals surface area (Å²) in [5.41, 5.74) is 0.232. The van der Waals surface area contributed by atoms with Crippen LogP contribution in [-0.2, 0) is 14.3 Å². The predicted octanol–water partition coefficient (Wildman–Crippen LogP) is 1.70. The first-order chi connectivity index (χ1) is 12.4. The summed E-state index contributed by atoms with van der Waals surface area (Å²) in [5, 5.41) is 5.89. The van der Waals surface area contributed by atoms with Gasteiger partial charge in [0.2, 0.25) is 5.91 Å². The Morgan fingerprint density at radius 3 is 2.73 bits per heavy atom. The second-order valence-corrected chi connectivity index (χ2v) is 6.77. The van der Waals surface area contributed by atoms with Gasteiger partial charge >= 0.3 is 6.03 Å². The molecule has 2 fully saturated rings. The number of hydrogen-bond donors (Lipinski definition) is 2. The first-order valence-corrected chi connectivity index (χ1v) is 8.60. The van der Waals surface area contributed by atoms with Crippen LogP contribution in [0.2, 0.25) is 5.02 Å². The molecule has 1 aromatic rings. The lowest BCUT2D eigenvalue weighted by atomic mass is 9.90. The summed E-state index contributed by atoms with van der Waals surface area (Å²) in [5.74, 6) is -0.495. The number of hydrogen-bond acceptors (Lipinski definition) is 5. The van der Waals surface area contributed by atoms with Crippen molar-refractivity contribution >= 4 is 35.1 Å². The van der Waals surface area contributed by atoms with Crippen molar-refractivity contribution < 1.29 is 23.9 Å². The van der Waals surface area contributed by atoms with Gasteiger partial charge in [0.25, 0.3) is 5.91 Å². The summed E-state index contributed by atoms with van der Waals surface area (Å²) in [6.45, 7) is 2.21. The third-order valence-corrected chi connectivity index (χ3v) is 5.06. The van der Waals surface area contributed by atoms with Crippen LogP contribution in [0.15, 0.2) is 12.1 Å². The number of nitrogens with one attached hydrogen (secondary N) is 2. The lowest BCUT2D eigenvalue weighted by molar-refractivity contribution is -0.136. The summed E-state index contributed by atoms with van der Waals surface area (Å²) in [6.07, 6.45) is 0.805. The second-order valence-electron chi connectivity index (χ2n) is 6.37. The van der Waals surface area contributed by atoms with E-state index < -0.39 is 17.5 Å². The van der Waals surface area contributed by atoms with Gasteiger partial charge in [-0.1, -0.05) is 11.6 Å². The second kappa shape index (κ2) is 7.13. The maximum atomic E-state index is 12.7. The van der Waals surface area contributed by atoms with Crippen LogP contribution in [-0.4, -0.2) is 55.2 Å². The summed E-state index contributed by atoms with van der Waals surface area (Å²) < 4.78 is 10.5. The van der Waals surface area contributed by atoms with Crippen molar-refractivity contribution in [1.82, 2.24) is 10.2 Å². The van der Waals surface area contributed by atoms with Crippen LogP contribution in [0.4, 0.5) is 10.5 Å². The number of imide groups is 1. The van der Waals surface area contributed by atoms with E-state index in [1.54, 1.807) is 19.1 Å². The molecule has 2 saturated heterocycles. The molecule has 1 aromatic carbocycles. The van der Waals surface area contributed by atoms with Crippen molar-refractivity contribution in [3.8, 4) is 5.75 Å². The van der Waals surface area contributed by atoms with Crippen molar-refractivity contribution in [2.75, 3.05) is 32.2 Å². The first kappa shape index (κ1) is 18.5. The fraction of sp³-hybridized carbons (Fsp3) is 0.471. The summed E-state index contributed by atoms with van der Waals surface area (Å²) in [4.78, 5) is 38.2. The molecule has 0 unspecified atom stereocenters. The van der Waals surface area contributed by atoms with Crippen LogP contribution in [0.1, 0.15) is 18.4 Å². The minimum absolute atomic E-state index is 0.377. The number of methoxy groups -OCH3 is 1. The number of carbonyl (C=O) groups excluding carboxylic acids is 3. The molecule has 140 valence electrons. The van der Waals surface area contributed by atoms with Gasteiger partial charge in [-0.25, -0.2) is 4.79 Å². The van der Waals surface area contributed by atoms with E-state index in [0.29, 0.717) is 42.5 Å². The molecule has 0 atom stereocenters. The Kier molecular flexibility index (Phi) is 5.06. The molecule has 8 nitrogen and oxygen atoms in total. The lowest BCUT2D eigenvalue weighted by Crippen LogP contribution is -2.51. The summed E-state index contributed by atoms with van der Waals surface area (Å²) >= 11 is 6.05. The quantitative estimate of drug-likeness (QED) is 0.774. The lowest BCUT2D eigenvalue weighted by Gasteiger charge is -2.30. The molecule has 26 heavy (non-hydrogen) atoms. The van der Waals surface area contributed by atoms with Gasteiger partial charge in [0, 0.05) is 37.1 Å². The zero-order valence-electron chi connectivity index (χ0n) is 14.6. The highest BCUT2D eigenvalue weighted by atomic mass is 35.5. The van der Waals surface area contributed by atoms with Crippen LogP contribution < -0.4 is 15.4 Å². The van der Waals surface area contributed by atoms with Crippen molar-refractivity contribution in [1.29, 1.82) is 0 Å². The molecule has 2 aliphatic heterocycles. The average molecular weight is 382 g/mol. The molecule has 3 rings (SSSR count). The van der Waals surface area contributed by atoms with Crippen molar-refractivity contribution in [2.24, 2.45) is 0 Å². The molecule has 0 bridgehead atoms. The Morgan fingerprint density at radius 1 is 1.38 bits per heavy atom.